The molecule has 6 nitrogen and oxygen atoms in total. The molecular formula is C15H23N3O3. The molecule has 0 aliphatic heterocycles. The van der Waals surface area contributed by atoms with Crippen LogP contribution in [0.2, 0.25) is 0 Å². The van der Waals surface area contributed by atoms with E-state index in [1.165, 1.54) is 12.1 Å². The molecule has 1 aromatic rings. The van der Waals surface area contributed by atoms with Gasteiger partial charge >= 0.3 is 0 Å². The van der Waals surface area contributed by atoms with E-state index < -0.39 is 10.8 Å². The lowest BCUT2D eigenvalue weighted by Gasteiger charge is -2.22. The molecule has 0 heterocycles. The highest BCUT2D eigenvalue weighted by Gasteiger charge is 2.23. The quantitative estimate of drug-likeness (QED) is 0.597. The van der Waals surface area contributed by atoms with Crippen LogP contribution in [-0.4, -0.2) is 23.9 Å². The number of nitro groups is 1. The zero-order valence-corrected chi connectivity index (χ0v) is 13.0. The minimum absolute atomic E-state index is 0.0228. The minimum Gasteiger partial charge on any atom is -0.388 e. The molecule has 0 saturated heterocycles. The van der Waals surface area contributed by atoms with Gasteiger partial charge in [0.25, 0.3) is 11.6 Å². The second-order valence-corrected chi connectivity index (χ2v) is 5.08. The molecule has 0 aliphatic carbocycles. The van der Waals surface area contributed by atoms with Crippen LogP contribution < -0.4 is 10.6 Å². The van der Waals surface area contributed by atoms with Crippen molar-refractivity contribution in [2.24, 2.45) is 5.92 Å². The number of benzene rings is 1. The summed E-state index contributed by atoms with van der Waals surface area (Å²) < 4.78 is 0. The van der Waals surface area contributed by atoms with Gasteiger partial charge in [0.05, 0.1) is 4.92 Å². The largest absolute Gasteiger partial charge is 0.388 e. The molecule has 0 aliphatic rings. The molecule has 0 bridgehead atoms. The summed E-state index contributed by atoms with van der Waals surface area (Å²) in [4.78, 5) is 22.9. The number of nitro benzene ring substituents is 1. The smallest absolute Gasteiger partial charge is 0.282 e. The SMILES string of the molecule is CCC(CC)C(C)NC(=O)c1cc(NC)ccc1[N+](=O)[O-]. The van der Waals surface area contributed by atoms with Gasteiger partial charge in [-0.25, -0.2) is 0 Å². The van der Waals surface area contributed by atoms with Crippen LogP contribution in [0, 0.1) is 16.0 Å². The highest BCUT2D eigenvalue weighted by atomic mass is 16.6. The van der Waals surface area contributed by atoms with Gasteiger partial charge in [-0.2, -0.15) is 0 Å². The minimum atomic E-state index is -0.532. The zero-order chi connectivity index (χ0) is 16.0. The van der Waals surface area contributed by atoms with Gasteiger partial charge in [0.1, 0.15) is 5.56 Å². The van der Waals surface area contributed by atoms with Crippen LogP contribution in [0.4, 0.5) is 11.4 Å². The number of anilines is 1. The number of hydrogen-bond acceptors (Lipinski definition) is 4. The molecule has 1 amide bonds. The summed E-state index contributed by atoms with van der Waals surface area (Å²) in [5, 5.41) is 16.8. The van der Waals surface area contributed by atoms with Crippen molar-refractivity contribution in [3.8, 4) is 0 Å². The molecule has 0 saturated carbocycles. The Kier molecular flexibility index (Phi) is 6.14. The third-order valence-corrected chi connectivity index (χ3v) is 3.84. The van der Waals surface area contributed by atoms with E-state index >= 15 is 0 Å². The lowest BCUT2D eigenvalue weighted by atomic mass is 9.95. The summed E-state index contributed by atoms with van der Waals surface area (Å²) in [7, 11) is 1.70. The first-order chi connectivity index (χ1) is 9.94. The molecule has 6 heteroatoms. The number of rotatable bonds is 7. The molecule has 1 unspecified atom stereocenters. The van der Waals surface area contributed by atoms with E-state index in [2.05, 4.69) is 24.5 Å². The number of nitrogens with one attached hydrogen (secondary N) is 2. The molecule has 0 aromatic heterocycles. The predicted octanol–water partition coefficient (Wildman–Crippen LogP) is 3.19. The lowest BCUT2D eigenvalue weighted by Crippen LogP contribution is -2.38. The summed E-state index contributed by atoms with van der Waals surface area (Å²) in [6, 6.07) is 4.42. The molecule has 21 heavy (non-hydrogen) atoms. The van der Waals surface area contributed by atoms with E-state index in [0.717, 1.165) is 12.8 Å². The van der Waals surface area contributed by atoms with Gasteiger partial charge in [0.2, 0.25) is 0 Å². The normalized spacial score (nSPS) is 12.0. The Morgan fingerprint density at radius 2 is 1.95 bits per heavy atom. The van der Waals surface area contributed by atoms with Crippen LogP contribution in [0.3, 0.4) is 0 Å². The van der Waals surface area contributed by atoms with Crippen molar-refractivity contribution in [3.05, 3.63) is 33.9 Å². The average molecular weight is 293 g/mol. The van der Waals surface area contributed by atoms with Gasteiger partial charge in [0, 0.05) is 24.8 Å². The summed E-state index contributed by atoms with van der Waals surface area (Å²) in [6.45, 7) is 6.07. The van der Waals surface area contributed by atoms with E-state index in [9.17, 15) is 14.9 Å². The van der Waals surface area contributed by atoms with E-state index in [1.54, 1.807) is 13.1 Å². The molecular weight excluding hydrogens is 270 g/mol. The van der Waals surface area contributed by atoms with Crippen LogP contribution in [0.15, 0.2) is 18.2 Å². The fourth-order valence-electron chi connectivity index (χ4n) is 2.43. The Bertz CT molecular complexity index is 513. The maximum atomic E-state index is 12.3. The number of hydrogen-bond donors (Lipinski definition) is 2. The van der Waals surface area contributed by atoms with Crippen molar-refractivity contribution >= 4 is 17.3 Å². The Balaban J connectivity index is 3.02. The first kappa shape index (κ1) is 16.9. The van der Waals surface area contributed by atoms with Crippen LogP contribution in [0.5, 0.6) is 0 Å². The van der Waals surface area contributed by atoms with Crippen molar-refractivity contribution in [2.45, 2.75) is 39.7 Å². The molecule has 0 radical (unpaired) electrons. The number of carbonyl (C=O) groups is 1. The number of amides is 1. The highest BCUT2D eigenvalue weighted by Crippen LogP contribution is 2.23. The third-order valence-electron chi connectivity index (χ3n) is 3.84. The van der Waals surface area contributed by atoms with Crippen LogP contribution in [0.25, 0.3) is 0 Å². The molecule has 1 aromatic carbocycles. The summed E-state index contributed by atoms with van der Waals surface area (Å²) >= 11 is 0. The van der Waals surface area contributed by atoms with Gasteiger partial charge in [-0.3, -0.25) is 14.9 Å². The summed E-state index contributed by atoms with van der Waals surface area (Å²) in [6.07, 6.45) is 1.91. The van der Waals surface area contributed by atoms with Crippen molar-refractivity contribution in [3.63, 3.8) is 0 Å². The van der Waals surface area contributed by atoms with E-state index in [-0.39, 0.29) is 17.3 Å². The fraction of sp³-hybridized carbons (Fsp3) is 0.533. The van der Waals surface area contributed by atoms with Crippen molar-refractivity contribution in [1.29, 1.82) is 0 Å². The molecule has 0 fully saturated rings. The highest BCUT2D eigenvalue weighted by molar-refractivity contribution is 5.99. The van der Waals surface area contributed by atoms with Gasteiger partial charge in [-0.05, 0) is 25.0 Å². The van der Waals surface area contributed by atoms with Gasteiger partial charge in [-0.1, -0.05) is 26.7 Å². The third kappa shape index (κ3) is 4.18. The van der Waals surface area contributed by atoms with Crippen LogP contribution in [0.1, 0.15) is 44.0 Å². The van der Waals surface area contributed by atoms with Crippen LogP contribution >= 0.6 is 0 Å². The topological polar surface area (TPSA) is 84.3 Å². The van der Waals surface area contributed by atoms with E-state index in [1.807, 2.05) is 6.92 Å². The second-order valence-electron chi connectivity index (χ2n) is 5.08. The number of nitrogens with zero attached hydrogens (tertiary/aromatic N) is 1. The summed E-state index contributed by atoms with van der Waals surface area (Å²) in [5.74, 6) is -0.0429. The Hall–Kier alpha value is -2.11. The van der Waals surface area contributed by atoms with Crippen molar-refractivity contribution in [1.82, 2.24) is 5.32 Å². The standard InChI is InChI=1S/C15H23N3O3/c1-5-11(6-2)10(3)17-15(19)13-9-12(16-4)7-8-14(13)18(20)21/h7-11,16H,5-6H2,1-4H3,(H,17,19). The predicted molar refractivity (Wildman–Crippen MR) is 83.6 cm³/mol. The molecule has 2 N–H and O–H groups in total. The van der Waals surface area contributed by atoms with E-state index in [0.29, 0.717) is 11.6 Å². The van der Waals surface area contributed by atoms with Crippen molar-refractivity contribution in [2.75, 3.05) is 12.4 Å². The fourth-order valence-corrected chi connectivity index (χ4v) is 2.43. The van der Waals surface area contributed by atoms with Gasteiger partial charge < -0.3 is 10.6 Å². The first-order valence-corrected chi connectivity index (χ1v) is 7.21. The molecule has 116 valence electrons. The molecule has 1 rings (SSSR count). The summed E-state index contributed by atoms with van der Waals surface area (Å²) in [5.41, 5.74) is 0.578. The second kappa shape index (κ2) is 7.61. The van der Waals surface area contributed by atoms with E-state index in [4.69, 9.17) is 0 Å². The first-order valence-electron chi connectivity index (χ1n) is 7.21. The molecule has 1 atom stereocenters. The van der Waals surface area contributed by atoms with Gasteiger partial charge in [-0.15, -0.1) is 0 Å². The maximum Gasteiger partial charge on any atom is 0.282 e. The van der Waals surface area contributed by atoms with Crippen molar-refractivity contribution < 1.29 is 9.72 Å². The Morgan fingerprint density at radius 3 is 2.43 bits per heavy atom. The Morgan fingerprint density at radius 1 is 1.33 bits per heavy atom. The zero-order valence-electron chi connectivity index (χ0n) is 13.0. The molecule has 0 spiro atoms. The Labute approximate surface area is 125 Å². The van der Waals surface area contributed by atoms with Gasteiger partial charge in [0.15, 0.2) is 0 Å². The number of carbonyl (C=O) groups excluding carboxylic acids is 1. The lowest BCUT2D eigenvalue weighted by molar-refractivity contribution is -0.385. The monoisotopic (exact) mass is 293 g/mol. The van der Waals surface area contributed by atoms with Crippen LogP contribution in [-0.2, 0) is 0 Å². The maximum absolute atomic E-state index is 12.3. The average Bonchev–Trinajstić information content (AvgIpc) is 2.47.